The van der Waals surface area contributed by atoms with E-state index in [0.717, 1.165) is 69.5 Å². The van der Waals surface area contributed by atoms with Gasteiger partial charge in [0, 0.05) is 85.8 Å². The van der Waals surface area contributed by atoms with Gasteiger partial charge in [0.25, 0.3) is 11.8 Å². The van der Waals surface area contributed by atoms with Gasteiger partial charge in [0.15, 0.2) is 11.6 Å². The monoisotopic (exact) mass is 1590 g/mol. The van der Waals surface area contributed by atoms with Crippen LogP contribution in [-0.2, 0) is 66.6 Å². The smallest absolute Gasteiger partial charge is 0.264 e. The van der Waals surface area contributed by atoms with Crippen LogP contribution in [0, 0.1) is 47.0 Å². The molecule has 4 aliphatic heterocycles. The van der Waals surface area contributed by atoms with Gasteiger partial charge in [-0.1, -0.05) is 60.5 Å². The maximum atomic E-state index is 13.6. The number of hydrogen-bond acceptors (Lipinski definition) is 25. The number of nitrogens with zero attached hydrogens (tertiary/aromatic N) is 9. The van der Waals surface area contributed by atoms with E-state index >= 15 is 0 Å². The number of aliphatic imine (C=N–C) groups is 2. The molecule has 30 nitrogen and oxygen atoms in total. The van der Waals surface area contributed by atoms with Crippen LogP contribution < -0.4 is 26.6 Å². The summed E-state index contributed by atoms with van der Waals surface area (Å²) >= 11 is 15.8. The molecule has 4 aliphatic rings. The zero-order valence-corrected chi connectivity index (χ0v) is 65.7. The maximum absolute atomic E-state index is 13.6. The second kappa shape index (κ2) is 39.5. The molecule has 0 bridgehead atoms. The van der Waals surface area contributed by atoms with Crippen molar-refractivity contribution >= 4 is 104 Å². The number of anilines is 1. The molecule has 34 heteroatoms. The zero-order valence-electron chi connectivity index (χ0n) is 62.6. The maximum Gasteiger partial charge on any atom is 0.264 e. The number of fused-ring (bicyclic) bond motifs is 7. The molecule has 110 heavy (non-hydrogen) atoms. The number of hydrogen-bond donors (Lipinski definition) is 5. The molecule has 1 unspecified atom stereocenters. The van der Waals surface area contributed by atoms with Gasteiger partial charge < -0.3 is 63.9 Å². The predicted molar refractivity (Wildman–Crippen MR) is 412 cm³/mol. The van der Waals surface area contributed by atoms with Crippen molar-refractivity contribution in [2.75, 3.05) is 150 Å². The van der Waals surface area contributed by atoms with Crippen molar-refractivity contribution in [2.24, 2.45) is 15.4 Å². The summed E-state index contributed by atoms with van der Waals surface area (Å²) in [5.74, 6) is -0.631. The average Bonchev–Trinajstić information content (AvgIpc) is 1.60. The number of piperidine rings is 1. The van der Waals surface area contributed by atoms with Crippen LogP contribution in [0.25, 0.3) is 10.0 Å². The van der Waals surface area contributed by atoms with Crippen molar-refractivity contribution in [2.45, 2.75) is 92.3 Å². The first kappa shape index (κ1) is 82.4. The molecule has 0 aliphatic carbocycles. The summed E-state index contributed by atoms with van der Waals surface area (Å²) in [7, 11) is 0. The van der Waals surface area contributed by atoms with Crippen molar-refractivity contribution < 1.29 is 76.2 Å². The quantitative estimate of drug-likeness (QED) is 0.0183. The number of aryl methyl sites for hydroxylation is 4. The number of halogens is 2. The summed E-state index contributed by atoms with van der Waals surface area (Å²) in [4.78, 5) is 105. The SMILES string of the molecule is Cc1sc2c(c1C)C(c1ccc(Cl)cc1)=N[C@@H](CC(=O)NCCOCCOCCOCCOCC(C)(COCCOCCOCCOCCNC(=O)C[C@@H]1N=C(c3ccc(Cl)cc3)c3c(sc(C)c3C)-n3c(C)nnc31)COCC(=O)NCCNc1cccc3c1C(=O)N(C1CCC(=O)NC1=O)C3=O)c1nnc(C)n1-2. The van der Waals surface area contributed by atoms with Crippen LogP contribution in [-0.4, -0.2) is 238 Å². The van der Waals surface area contributed by atoms with Gasteiger partial charge in [-0.05, 0) is 95.5 Å². The molecule has 0 spiro atoms. The van der Waals surface area contributed by atoms with E-state index in [9.17, 15) is 33.6 Å². The molecule has 0 radical (unpaired) electrons. The Morgan fingerprint density at radius 3 is 1.42 bits per heavy atom. The topological polar surface area (TPSA) is 352 Å². The number of amides is 7. The van der Waals surface area contributed by atoms with E-state index < -0.39 is 53.1 Å². The van der Waals surface area contributed by atoms with Crippen LogP contribution in [0.3, 0.4) is 0 Å². The van der Waals surface area contributed by atoms with Crippen LogP contribution in [0.1, 0.15) is 132 Å². The summed E-state index contributed by atoms with van der Waals surface area (Å²) < 4.78 is 56.6. The second-order valence-electron chi connectivity index (χ2n) is 27.0. The second-order valence-corrected chi connectivity index (χ2v) is 30.2. The Morgan fingerprint density at radius 2 is 0.955 bits per heavy atom. The van der Waals surface area contributed by atoms with E-state index in [4.69, 9.17) is 75.8 Å². The van der Waals surface area contributed by atoms with E-state index in [-0.39, 0.29) is 141 Å². The molecular weight excluding hydrogens is 1500 g/mol. The van der Waals surface area contributed by atoms with Crippen LogP contribution in [0.5, 0.6) is 0 Å². The average molecular weight is 1590 g/mol. The summed E-state index contributed by atoms with van der Waals surface area (Å²) in [5.41, 5.74) is 7.40. The van der Waals surface area contributed by atoms with Crippen LogP contribution >= 0.6 is 45.9 Å². The van der Waals surface area contributed by atoms with Crippen LogP contribution in [0.2, 0.25) is 10.0 Å². The molecule has 8 heterocycles. The van der Waals surface area contributed by atoms with Crippen molar-refractivity contribution in [1.29, 1.82) is 0 Å². The number of imide groups is 2. The molecule has 0 saturated carbocycles. The summed E-state index contributed by atoms with van der Waals surface area (Å²) in [6, 6.07) is 17.5. The highest BCUT2D eigenvalue weighted by Crippen LogP contribution is 2.42. The highest BCUT2D eigenvalue weighted by atomic mass is 35.5. The van der Waals surface area contributed by atoms with Crippen LogP contribution in [0.4, 0.5) is 5.69 Å². The lowest BCUT2D eigenvalue weighted by Gasteiger charge is -2.29. The molecule has 5 N–H and O–H groups in total. The minimum absolute atomic E-state index is 0.00105. The van der Waals surface area contributed by atoms with Gasteiger partial charge in [0.2, 0.25) is 29.5 Å². The minimum Gasteiger partial charge on any atom is -0.383 e. The first-order valence-corrected chi connectivity index (χ1v) is 38.9. The lowest BCUT2D eigenvalue weighted by molar-refractivity contribution is -0.136. The Balaban J connectivity index is 0.559. The first-order chi connectivity index (χ1) is 53.2. The predicted octanol–water partition coefficient (Wildman–Crippen LogP) is 7.41. The van der Waals surface area contributed by atoms with Gasteiger partial charge in [-0.2, -0.15) is 0 Å². The number of rotatable bonds is 43. The van der Waals surface area contributed by atoms with Crippen LogP contribution in [0.15, 0.2) is 76.7 Å². The Labute approximate surface area is 655 Å². The highest BCUT2D eigenvalue weighted by Gasteiger charge is 2.46. The standard InChI is InChI=1S/C76H92Cl2N14O16S2/c1-45-47(3)109-74-64(45)67(51-11-15-53(77)16-12-51)83-57(69-88-86-49(5)90(69)74)39-61(94)81-23-25-100-27-29-102-31-33-104-35-37-106-42-76(7,44-108-41-63(96)80-22-21-79-56-10-8-9-55-66(56)73(99)92(72(55)98)59-19-20-60(93)85-71(59)97)43-107-38-36-105-34-32-103-30-28-101-26-24-82-62(95)40-58-70-89-87-50(6)91(70)75-65(46(2)48(4)110-75)68(84-58)52-13-17-54(78)18-14-52/h8-18,57-59,79H,19-44H2,1-7H3,(H,80,96)(H,81,94)(H,82,95)(H,85,93,97)/t57-,58-,59?/m0/s1. The molecule has 7 amide bonds. The third-order valence-corrected chi connectivity index (χ3v) is 21.5. The fourth-order valence-electron chi connectivity index (χ4n) is 12.9. The molecule has 3 atom stereocenters. The van der Waals surface area contributed by atoms with E-state index in [1.807, 2.05) is 78.4 Å². The molecule has 588 valence electrons. The molecule has 1 fully saturated rings. The summed E-state index contributed by atoms with van der Waals surface area (Å²) in [6.07, 6.45) is 0.144. The normalized spacial score (nSPS) is 16.0. The van der Waals surface area contributed by atoms with E-state index in [2.05, 4.69) is 74.7 Å². The Hall–Kier alpha value is -8.61. The van der Waals surface area contributed by atoms with E-state index in [0.29, 0.717) is 91.9 Å². The van der Waals surface area contributed by atoms with Gasteiger partial charge in [-0.25, -0.2) is 0 Å². The molecular formula is C76H92Cl2N14O16S2. The summed E-state index contributed by atoms with van der Waals surface area (Å²) in [5, 5.41) is 35.0. The Morgan fingerprint density at radius 1 is 0.518 bits per heavy atom. The number of carbonyl (C=O) groups excluding carboxylic acids is 7. The number of carbonyl (C=O) groups is 7. The van der Waals surface area contributed by atoms with Gasteiger partial charge in [-0.15, -0.1) is 43.1 Å². The molecule has 3 aromatic carbocycles. The number of nitrogens with one attached hydrogen (secondary N) is 5. The largest absolute Gasteiger partial charge is 0.383 e. The molecule has 7 aromatic rings. The Bertz CT molecular complexity index is 4280. The third-order valence-electron chi connectivity index (χ3n) is 18.7. The van der Waals surface area contributed by atoms with Gasteiger partial charge in [0.05, 0.1) is 148 Å². The summed E-state index contributed by atoms with van der Waals surface area (Å²) in [6.45, 7) is 19.2. The zero-order chi connectivity index (χ0) is 77.8. The number of benzene rings is 3. The van der Waals surface area contributed by atoms with Gasteiger partial charge >= 0.3 is 0 Å². The van der Waals surface area contributed by atoms with Crippen molar-refractivity contribution in [1.82, 2.24) is 55.7 Å². The van der Waals surface area contributed by atoms with E-state index in [1.165, 1.54) is 6.07 Å². The van der Waals surface area contributed by atoms with Crippen molar-refractivity contribution in [3.63, 3.8) is 0 Å². The lowest BCUT2D eigenvalue weighted by Crippen LogP contribution is -2.54. The number of ether oxygens (including phenoxy) is 9. The number of aromatic nitrogens is 6. The Kier molecular flexibility index (Phi) is 29.6. The van der Waals surface area contributed by atoms with Gasteiger partial charge in [-0.3, -0.25) is 62.9 Å². The molecule has 4 aromatic heterocycles. The van der Waals surface area contributed by atoms with Gasteiger partial charge in [0.1, 0.15) is 46.4 Å². The molecule has 1 saturated heterocycles. The van der Waals surface area contributed by atoms with Crippen molar-refractivity contribution in [3.8, 4) is 10.0 Å². The fraction of sp³-hybridized carbons (Fsp3) is 0.487. The highest BCUT2D eigenvalue weighted by molar-refractivity contribution is 7.15. The molecule has 11 rings (SSSR count). The third kappa shape index (κ3) is 20.9. The first-order valence-electron chi connectivity index (χ1n) is 36.5. The fourth-order valence-corrected chi connectivity index (χ4v) is 15.5. The minimum atomic E-state index is -1.10. The number of thiophene rings is 2. The van der Waals surface area contributed by atoms with Crippen molar-refractivity contribution in [3.05, 3.63) is 154 Å². The van der Waals surface area contributed by atoms with E-state index in [1.54, 1.807) is 34.8 Å². The lowest BCUT2D eigenvalue weighted by atomic mass is 9.94.